The number of ether oxygens (including phenoxy) is 1. The van der Waals surface area contributed by atoms with E-state index < -0.39 is 0 Å². The zero-order valence-corrected chi connectivity index (χ0v) is 11.8. The number of anilines is 1. The SMILES string of the molecule is CC1Cc2ccccc2N1C(=O)C1CNCCO1.Cl. The maximum Gasteiger partial charge on any atom is 0.257 e. The van der Waals surface area contributed by atoms with Crippen molar-refractivity contribution < 1.29 is 9.53 Å². The van der Waals surface area contributed by atoms with Gasteiger partial charge in [-0.15, -0.1) is 12.4 Å². The molecule has 2 heterocycles. The van der Waals surface area contributed by atoms with Crippen LogP contribution >= 0.6 is 12.4 Å². The molecule has 2 aliphatic rings. The summed E-state index contributed by atoms with van der Waals surface area (Å²) in [5.41, 5.74) is 2.30. The van der Waals surface area contributed by atoms with E-state index in [4.69, 9.17) is 4.74 Å². The summed E-state index contributed by atoms with van der Waals surface area (Å²) >= 11 is 0. The quantitative estimate of drug-likeness (QED) is 0.846. The van der Waals surface area contributed by atoms with Gasteiger partial charge in [0.1, 0.15) is 6.10 Å². The predicted octanol–water partition coefficient (Wildman–Crippen LogP) is 1.37. The summed E-state index contributed by atoms with van der Waals surface area (Å²) in [5, 5.41) is 3.21. The summed E-state index contributed by atoms with van der Waals surface area (Å²) < 4.78 is 5.56. The van der Waals surface area contributed by atoms with E-state index in [0.717, 1.165) is 18.7 Å². The molecule has 1 fully saturated rings. The lowest BCUT2D eigenvalue weighted by molar-refractivity contribution is -0.131. The van der Waals surface area contributed by atoms with Gasteiger partial charge in [-0.1, -0.05) is 18.2 Å². The highest BCUT2D eigenvalue weighted by molar-refractivity contribution is 5.99. The molecule has 1 aromatic carbocycles. The number of amides is 1. The van der Waals surface area contributed by atoms with E-state index >= 15 is 0 Å². The number of benzene rings is 1. The van der Waals surface area contributed by atoms with Gasteiger partial charge >= 0.3 is 0 Å². The Morgan fingerprint density at radius 3 is 2.95 bits per heavy atom. The molecule has 2 unspecified atom stereocenters. The van der Waals surface area contributed by atoms with Crippen LogP contribution in [0.15, 0.2) is 24.3 Å². The molecule has 2 atom stereocenters. The first kappa shape index (κ1) is 14.3. The van der Waals surface area contributed by atoms with Gasteiger partial charge in [-0.25, -0.2) is 0 Å². The Labute approximate surface area is 119 Å². The van der Waals surface area contributed by atoms with Crippen molar-refractivity contribution in [2.45, 2.75) is 25.5 Å². The van der Waals surface area contributed by atoms with Crippen molar-refractivity contribution in [3.63, 3.8) is 0 Å². The standard InChI is InChI=1S/C14H18N2O2.ClH/c1-10-8-11-4-2-3-5-12(11)16(10)14(17)13-9-15-6-7-18-13;/h2-5,10,13,15H,6-9H2,1H3;1H. The molecule has 5 heteroatoms. The summed E-state index contributed by atoms with van der Waals surface area (Å²) in [4.78, 5) is 14.4. The molecule has 2 aliphatic heterocycles. The van der Waals surface area contributed by atoms with Gasteiger partial charge < -0.3 is 15.0 Å². The highest BCUT2D eigenvalue weighted by Gasteiger charge is 2.35. The number of carbonyl (C=O) groups excluding carboxylic acids is 1. The third-order valence-electron chi connectivity index (χ3n) is 3.65. The first-order valence-electron chi connectivity index (χ1n) is 6.50. The highest BCUT2D eigenvalue weighted by Crippen LogP contribution is 2.32. The van der Waals surface area contributed by atoms with Gasteiger partial charge in [-0.2, -0.15) is 0 Å². The van der Waals surface area contributed by atoms with E-state index in [1.54, 1.807) is 0 Å². The van der Waals surface area contributed by atoms with Crippen LogP contribution in [0.25, 0.3) is 0 Å². The molecule has 3 rings (SSSR count). The van der Waals surface area contributed by atoms with Crippen LogP contribution in [0.1, 0.15) is 12.5 Å². The largest absolute Gasteiger partial charge is 0.366 e. The van der Waals surface area contributed by atoms with E-state index in [1.807, 2.05) is 23.1 Å². The number of para-hydroxylation sites is 1. The number of hydrogen-bond acceptors (Lipinski definition) is 3. The molecule has 0 radical (unpaired) electrons. The molecule has 0 bridgehead atoms. The van der Waals surface area contributed by atoms with Crippen LogP contribution < -0.4 is 10.2 Å². The Morgan fingerprint density at radius 1 is 1.42 bits per heavy atom. The number of morpholine rings is 1. The van der Waals surface area contributed by atoms with E-state index in [1.165, 1.54) is 5.56 Å². The second kappa shape index (κ2) is 5.90. The molecular formula is C14H19ClN2O2. The van der Waals surface area contributed by atoms with Crippen LogP contribution in [0.2, 0.25) is 0 Å². The molecule has 1 aromatic rings. The smallest absolute Gasteiger partial charge is 0.257 e. The summed E-state index contributed by atoms with van der Waals surface area (Å²) in [5.74, 6) is 0.0830. The van der Waals surface area contributed by atoms with Gasteiger partial charge in [0.05, 0.1) is 6.61 Å². The maximum atomic E-state index is 12.5. The van der Waals surface area contributed by atoms with Crippen LogP contribution in [0.4, 0.5) is 5.69 Å². The van der Waals surface area contributed by atoms with Crippen molar-refractivity contribution in [1.29, 1.82) is 0 Å². The van der Waals surface area contributed by atoms with Crippen LogP contribution in [-0.2, 0) is 16.0 Å². The minimum atomic E-state index is -0.340. The second-order valence-corrected chi connectivity index (χ2v) is 4.95. The minimum absolute atomic E-state index is 0. The van der Waals surface area contributed by atoms with E-state index in [-0.39, 0.29) is 30.5 Å². The van der Waals surface area contributed by atoms with Crippen molar-refractivity contribution in [2.24, 2.45) is 0 Å². The van der Waals surface area contributed by atoms with Gasteiger partial charge in [-0.3, -0.25) is 4.79 Å². The third-order valence-corrected chi connectivity index (χ3v) is 3.65. The Balaban J connectivity index is 0.00000133. The fraction of sp³-hybridized carbons (Fsp3) is 0.500. The topological polar surface area (TPSA) is 41.6 Å². The number of carbonyl (C=O) groups is 1. The molecule has 1 N–H and O–H groups in total. The van der Waals surface area contributed by atoms with Crippen molar-refractivity contribution in [3.8, 4) is 0 Å². The van der Waals surface area contributed by atoms with Gasteiger partial charge in [0.25, 0.3) is 5.91 Å². The minimum Gasteiger partial charge on any atom is -0.366 e. The molecule has 1 amide bonds. The van der Waals surface area contributed by atoms with E-state index in [2.05, 4.69) is 18.3 Å². The Bertz CT molecular complexity index is 461. The summed E-state index contributed by atoms with van der Waals surface area (Å²) in [6.45, 7) is 4.15. The monoisotopic (exact) mass is 282 g/mol. The van der Waals surface area contributed by atoms with Crippen LogP contribution in [-0.4, -0.2) is 37.7 Å². The highest BCUT2D eigenvalue weighted by atomic mass is 35.5. The van der Waals surface area contributed by atoms with Crippen molar-refractivity contribution in [3.05, 3.63) is 29.8 Å². The molecule has 0 aliphatic carbocycles. The van der Waals surface area contributed by atoms with Crippen molar-refractivity contribution >= 4 is 24.0 Å². The van der Waals surface area contributed by atoms with E-state index in [9.17, 15) is 4.79 Å². The normalized spacial score (nSPS) is 25.6. The zero-order chi connectivity index (χ0) is 12.5. The fourth-order valence-electron chi connectivity index (χ4n) is 2.78. The summed E-state index contributed by atoms with van der Waals surface area (Å²) in [6, 6.07) is 8.35. The van der Waals surface area contributed by atoms with Gasteiger partial charge in [-0.05, 0) is 25.0 Å². The van der Waals surface area contributed by atoms with Crippen LogP contribution in [0.3, 0.4) is 0 Å². The zero-order valence-electron chi connectivity index (χ0n) is 11.0. The number of nitrogens with one attached hydrogen (secondary N) is 1. The van der Waals surface area contributed by atoms with Gasteiger partial charge in [0.15, 0.2) is 0 Å². The summed E-state index contributed by atoms with van der Waals surface area (Å²) in [7, 11) is 0. The number of hydrogen-bond donors (Lipinski definition) is 1. The lowest BCUT2D eigenvalue weighted by Gasteiger charge is -2.30. The lowest BCUT2D eigenvalue weighted by atomic mass is 10.1. The molecule has 104 valence electrons. The average molecular weight is 283 g/mol. The first-order valence-corrected chi connectivity index (χ1v) is 6.50. The third kappa shape index (κ3) is 2.61. The molecule has 0 aromatic heterocycles. The first-order chi connectivity index (χ1) is 8.77. The predicted molar refractivity (Wildman–Crippen MR) is 77.0 cm³/mol. The average Bonchev–Trinajstić information content (AvgIpc) is 2.75. The molecule has 4 nitrogen and oxygen atoms in total. The van der Waals surface area contributed by atoms with Gasteiger partial charge in [0.2, 0.25) is 0 Å². The van der Waals surface area contributed by atoms with Crippen molar-refractivity contribution in [1.82, 2.24) is 5.32 Å². The number of halogens is 1. The fourth-order valence-corrected chi connectivity index (χ4v) is 2.78. The molecule has 19 heavy (non-hydrogen) atoms. The maximum absolute atomic E-state index is 12.5. The summed E-state index contributed by atoms with van der Waals surface area (Å²) in [6.07, 6.45) is 0.592. The molecular weight excluding hydrogens is 264 g/mol. The number of fused-ring (bicyclic) bond motifs is 1. The molecule has 0 spiro atoms. The van der Waals surface area contributed by atoms with Crippen LogP contribution in [0.5, 0.6) is 0 Å². The Hall–Kier alpha value is -1.10. The number of rotatable bonds is 1. The molecule has 1 saturated heterocycles. The number of nitrogens with zero attached hydrogens (tertiary/aromatic N) is 1. The molecule has 0 saturated carbocycles. The lowest BCUT2D eigenvalue weighted by Crippen LogP contribution is -2.51. The van der Waals surface area contributed by atoms with Crippen LogP contribution in [0, 0.1) is 0 Å². The Morgan fingerprint density at radius 2 is 2.21 bits per heavy atom. The van der Waals surface area contributed by atoms with Gasteiger partial charge in [0, 0.05) is 24.8 Å². The Kier molecular flexibility index (Phi) is 4.45. The van der Waals surface area contributed by atoms with Crippen molar-refractivity contribution in [2.75, 3.05) is 24.6 Å². The van der Waals surface area contributed by atoms with E-state index in [0.29, 0.717) is 13.2 Å². The second-order valence-electron chi connectivity index (χ2n) is 4.95.